The molecule has 0 saturated carbocycles. The molecule has 9 heteroatoms. The van der Waals surface area contributed by atoms with Crippen molar-refractivity contribution in [1.82, 2.24) is 0 Å². The Hall–Kier alpha value is -3.13. The van der Waals surface area contributed by atoms with Gasteiger partial charge < -0.3 is 14.8 Å². The second-order valence-corrected chi connectivity index (χ2v) is 5.68. The van der Waals surface area contributed by atoms with Crippen molar-refractivity contribution in [1.29, 1.82) is 0 Å². The molecule has 1 aliphatic rings. The molecule has 0 fully saturated rings. The second-order valence-electron chi connectivity index (χ2n) is 5.27. The first-order valence-corrected chi connectivity index (χ1v) is 7.84. The quantitative estimate of drug-likeness (QED) is 0.496. The number of nitro groups is 1. The minimum atomic E-state index is -0.977. The van der Waals surface area contributed by atoms with Crippen LogP contribution in [0.5, 0.6) is 11.5 Å². The van der Waals surface area contributed by atoms with Crippen LogP contribution in [-0.4, -0.2) is 24.0 Å². The van der Waals surface area contributed by atoms with E-state index >= 15 is 0 Å². The maximum atomic E-state index is 13.3. The van der Waals surface area contributed by atoms with E-state index in [1.54, 1.807) is 12.1 Å². The Bertz CT molecular complexity index is 916. The van der Waals surface area contributed by atoms with Crippen molar-refractivity contribution in [2.75, 3.05) is 18.5 Å². The van der Waals surface area contributed by atoms with Crippen molar-refractivity contribution in [3.8, 4) is 11.5 Å². The fourth-order valence-corrected chi connectivity index (χ4v) is 2.59. The van der Waals surface area contributed by atoms with Crippen LogP contribution in [0.1, 0.15) is 5.56 Å². The highest BCUT2D eigenvalue weighted by Gasteiger charge is 2.16. The number of rotatable bonds is 4. The van der Waals surface area contributed by atoms with Gasteiger partial charge in [-0.2, -0.15) is 4.39 Å². The lowest BCUT2D eigenvalue weighted by Crippen LogP contribution is -2.15. The van der Waals surface area contributed by atoms with Crippen LogP contribution in [0.15, 0.2) is 36.4 Å². The van der Waals surface area contributed by atoms with Crippen molar-refractivity contribution in [2.24, 2.45) is 0 Å². The fraction of sp³-hybridized carbons (Fsp3) is 0.118. The number of carbonyl (C=O) groups is 1. The van der Waals surface area contributed by atoms with E-state index in [0.717, 1.165) is 12.1 Å². The van der Waals surface area contributed by atoms with Gasteiger partial charge in [0.15, 0.2) is 11.5 Å². The summed E-state index contributed by atoms with van der Waals surface area (Å²) in [6.45, 7) is 0.814. The van der Waals surface area contributed by atoms with Gasteiger partial charge >= 0.3 is 5.69 Å². The lowest BCUT2D eigenvalue weighted by molar-refractivity contribution is -0.387. The number of benzene rings is 2. The molecule has 0 bridgehead atoms. The number of hydrogen-bond acceptors (Lipinski definition) is 5. The van der Waals surface area contributed by atoms with Gasteiger partial charge in [-0.25, -0.2) is 0 Å². The van der Waals surface area contributed by atoms with Crippen LogP contribution in [0.4, 0.5) is 15.8 Å². The van der Waals surface area contributed by atoms with E-state index in [2.05, 4.69) is 5.32 Å². The SMILES string of the molecule is O=C(/C=C/c1cc(Cl)c2c(c1)OCCO2)Nc1ccc(F)c([N+](=O)[O-])c1. The van der Waals surface area contributed by atoms with E-state index in [1.807, 2.05) is 0 Å². The van der Waals surface area contributed by atoms with Gasteiger partial charge in [0.1, 0.15) is 13.2 Å². The zero-order chi connectivity index (χ0) is 18.7. The normalized spacial score (nSPS) is 12.8. The topological polar surface area (TPSA) is 90.7 Å². The summed E-state index contributed by atoms with van der Waals surface area (Å²) in [5.41, 5.74) is -0.00200. The molecule has 3 rings (SSSR count). The monoisotopic (exact) mass is 378 g/mol. The number of halogens is 2. The molecule has 0 atom stereocenters. The predicted octanol–water partition coefficient (Wildman–Crippen LogP) is 3.81. The van der Waals surface area contributed by atoms with Crippen molar-refractivity contribution in [2.45, 2.75) is 0 Å². The van der Waals surface area contributed by atoms with E-state index in [9.17, 15) is 19.3 Å². The van der Waals surface area contributed by atoms with E-state index in [0.29, 0.717) is 35.3 Å². The third kappa shape index (κ3) is 3.92. The van der Waals surface area contributed by atoms with Gasteiger partial charge in [0.2, 0.25) is 11.7 Å². The standard InChI is InChI=1S/C17H12ClFN2O5/c18-12-7-10(8-15-17(12)26-6-5-25-15)1-4-16(22)20-11-2-3-13(19)14(9-11)21(23)24/h1-4,7-9H,5-6H2,(H,20,22)/b4-1+. The minimum absolute atomic E-state index is 0.105. The first kappa shape index (κ1) is 17.7. The Morgan fingerprint density at radius 2 is 2.04 bits per heavy atom. The molecule has 1 amide bonds. The maximum Gasteiger partial charge on any atom is 0.306 e. The molecular formula is C17H12ClFN2O5. The molecule has 2 aromatic rings. The highest BCUT2D eigenvalue weighted by molar-refractivity contribution is 6.32. The third-order valence-electron chi connectivity index (χ3n) is 3.46. The van der Waals surface area contributed by atoms with Crippen LogP contribution in [0, 0.1) is 15.9 Å². The summed E-state index contributed by atoms with van der Waals surface area (Å²) in [5, 5.41) is 13.5. The average Bonchev–Trinajstić information content (AvgIpc) is 2.61. The number of nitro benzene ring substituents is 1. The summed E-state index contributed by atoms with van der Waals surface area (Å²) >= 11 is 6.12. The molecule has 0 aromatic heterocycles. The number of ether oxygens (including phenoxy) is 2. The number of nitrogens with one attached hydrogen (secondary N) is 1. The molecule has 0 radical (unpaired) electrons. The summed E-state index contributed by atoms with van der Waals surface area (Å²) in [7, 11) is 0. The van der Waals surface area contributed by atoms with E-state index in [-0.39, 0.29) is 5.69 Å². The summed E-state index contributed by atoms with van der Waals surface area (Å²) < 4.78 is 24.2. The number of nitrogens with zero attached hydrogens (tertiary/aromatic N) is 1. The Morgan fingerprint density at radius 1 is 1.27 bits per heavy atom. The van der Waals surface area contributed by atoms with Crippen molar-refractivity contribution in [3.05, 3.63) is 62.9 Å². The van der Waals surface area contributed by atoms with Crippen molar-refractivity contribution < 1.29 is 23.6 Å². The lowest BCUT2D eigenvalue weighted by Gasteiger charge is -2.19. The molecule has 2 aromatic carbocycles. The summed E-state index contributed by atoms with van der Waals surface area (Å²) in [5.74, 6) is -0.581. The fourth-order valence-electron chi connectivity index (χ4n) is 2.31. The van der Waals surface area contributed by atoms with Crippen LogP contribution in [0.2, 0.25) is 5.02 Å². The summed E-state index contributed by atoms with van der Waals surface area (Å²) in [6, 6.07) is 6.38. The van der Waals surface area contributed by atoms with Crippen LogP contribution in [0.25, 0.3) is 6.08 Å². The molecule has 1 N–H and O–H groups in total. The molecule has 134 valence electrons. The molecule has 0 saturated heterocycles. The number of amides is 1. The molecule has 26 heavy (non-hydrogen) atoms. The molecule has 0 aliphatic carbocycles. The zero-order valence-corrected chi connectivity index (χ0v) is 14.0. The smallest absolute Gasteiger partial charge is 0.306 e. The predicted molar refractivity (Wildman–Crippen MR) is 93.2 cm³/mol. The Labute approximate surface area is 152 Å². The van der Waals surface area contributed by atoms with Crippen LogP contribution in [-0.2, 0) is 4.79 Å². The van der Waals surface area contributed by atoms with Gasteiger partial charge in [-0.1, -0.05) is 11.6 Å². The minimum Gasteiger partial charge on any atom is -0.486 e. The van der Waals surface area contributed by atoms with Gasteiger partial charge in [-0.3, -0.25) is 14.9 Å². The number of fused-ring (bicyclic) bond motifs is 1. The van der Waals surface area contributed by atoms with Crippen LogP contribution < -0.4 is 14.8 Å². The lowest BCUT2D eigenvalue weighted by atomic mass is 10.1. The molecule has 1 heterocycles. The van der Waals surface area contributed by atoms with E-state index in [4.69, 9.17) is 21.1 Å². The number of carbonyl (C=O) groups excluding carboxylic acids is 1. The first-order chi connectivity index (χ1) is 12.4. The Morgan fingerprint density at radius 3 is 2.81 bits per heavy atom. The van der Waals surface area contributed by atoms with Gasteiger partial charge in [0.05, 0.1) is 9.95 Å². The van der Waals surface area contributed by atoms with Gasteiger partial charge in [0, 0.05) is 17.8 Å². The van der Waals surface area contributed by atoms with E-state index < -0.39 is 22.3 Å². The molecule has 0 spiro atoms. The second kappa shape index (κ2) is 7.40. The van der Waals surface area contributed by atoms with Crippen molar-refractivity contribution in [3.63, 3.8) is 0 Å². The third-order valence-corrected chi connectivity index (χ3v) is 3.74. The zero-order valence-electron chi connectivity index (χ0n) is 13.2. The molecule has 1 aliphatic heterocycles. The van der Waals surface area contributed by atoms with Gasteiger partial charge in [0.25, 0.3) is 0 Å². The molecular weight excluding hydrogens is 367 g/mol. The number of anilines is 1. The summed E-state index contributed by atoms with van der Waals surface area (Å²) in [6.07, 6.45) is 2.72. The van der Waals surface area contributed by atoms with Crippen LogP contribution >= 0.6 is 11.6 Å². The molecule has 0 unspecified atom stereocenters. The maximum absolute atomic E-state index is 13.3. The summed E-state index contributed by atoms with van der Waals surface area (Å²) in [4.78, 5) is 21.8. The van der Waals surface area contributed by atoms with E-state index in [1.165, 1.54) is 18.2 Å². The van der Waals surface area contributed by atoms with Crippen molar-refractivity contribution >= 4 is 35.0 Å². The molecule has 7 nitrogen and oxygen atoms in total. The highest BCUT2D eigenvalue weighted by Crippen LogP contribution is 2.38. The largest absolute Gasteiger partial charge is 0.486 e. The van der Waals surface area contributed by atoms with Crippen LogP contribution in [0.3, 0.4) is 0 Å². The number of hydrogen-bond donors (Lipinski definition) is 1. The van der Waals surface area contributed by atoms with Gasteiger partial charge in [-0.15, -0.1) is 0 Å². The first-order valence-electron chi connectivity index (χ1n) is 7.46. The highest BCUT2D eigenvalue weighted by atomic mass is 35.5. The Kier molecular flexibility index (Phi) is 5.04. The van der Waals surface area contributed by atoms with Gasteiger partial charge in [-0.05, 0) is 35.9 Å². The Balaban J connectivity index is 1.73. The average molecular weight is 379 g/mol.